The van der Waals surface area contributed by atoms with E-state index in [1.54, 1.807) is 38.1 Å². The van der Waals surface area contributed by atoms with Crippen molar-refractivity contribution in [3.05, 3.63) is 47.7 Å². The summed E-state index contributed by atoms with van der Waals surface area (Å²) in [7, 11) is 0. The number of hydrogen-bond acceptors (Lipinski definition) is 3. The van der Waals surface area contributed by atoms with Gasteiger partial charge >= 0.3 is 6.18 Å². The van der Waals surface area contributed by atoms with Crippen LogP contribution in [0.25, 0.3) is 11.1 Å². The number of ketones is 1. The van der Waals surface area contributed by atoms with Gasteiger partial charge in [-0.25, -0.2) is 4.98 Å². The van der Waals surface area contributed by atoms with Gasteiger partial charge in [0.05, 0.1) is 0 Å². The smallest absolute Gasteiger partial charge is 0.422 e. The lowest BCUT2D eigenvalue weighted by Gasteiger charge is -2.17. The number of halogens is 3. The summed E-state index contributed by atoms with van der Waals surface area (Å²) in [5.74, 6) is -0.424. The number of carbonyl (C=O) groups is 1. The molecular weight excluding hydrogens is 331 g/mol. The number of pyridine rings is 1. The first-order valence-corrected chi connectivity index (χ1v) is 8.05. The van der Waals surface area contributed by atoms with Gasteiger partial charge in [0.15, 0.2) is 12.4 Å². The molecule has 0 fully saturated rings. The van der Waals surface area contributed by atoms with Crippen LogP contribution in [0.4, 0.5) is 13.2 Å². The lowest BCUT2D eigenvalue weighted by molar-refractivity contribution is -0.154. The van der Waals surface area contributed by atoms with Crippen LogP contribution in [0.3, 0.4) is 0 Å². The number of ether oxygens (including phenoxy) is 1. The summed E-state index contributed by atoms with van der Waals surface area (Å²) in [5.41, 5.74) is 2.29. The molecule has 0 aliphatic heterocycles. The number of carbonyl (C=O) groups excluding carboxylic acids is 1. The normalized spacial score (nSPS) is 11.6. The number of alkyl halides is 3. The van der Waals surface area contributed by atoms with Gasteiger partial charge in [-0.05, 0) is 29.7 Å². The van der Waals surface area contributed by atoms with Crippen molar-refractivity contribution >= 4 is 5.78 Å². The Morgan fingerprint density at radius 2 is 1.84 bits per heavy atom. The van der Waals surface area contributed by atoms with E-state index in [0.717, 1.165) is 5.56 Å². The van der Waals surface area contributed by atoms with E-state index in [1.165, 1.54) is 6.20 Å². The highest BCUT2D eigenvalue weighted by Gasteiger charge is 2.29. The molecule has 3 nitrogen and oxygen atoms in total. The van der Waals surface area contributed by atoms with Crippen LogP contribution >= 0.6 is 0 Å². The molecule has 25 heavy (non-hydrogen) atoms. The lowest BCUT2D eigenvalue weighted by atomic mass is 9.88. The molecule has 2 rings (SSSR count). The van der Waals surface area contributed by atoms with E-state index in [9.17, 15) is 18.0 Å². The third-order valence-electron chi connectivity index (χ3n) is 3.74. The highest BCUT2D eigenvalue weighted by molar-refractivity contribution is 6.05. The molecule has 0 N–H and O–H groups in total. The number of Topliss-reactive ketones (excluding diaryl/α,β-unsaturated/α-hetero) is 1. The number of rotatable bonds is 6. The zero-order valence-electron chi connectivity index (χ0n) is 14.4. The molecule has 0 aliphatic carbocycles. The topological polar surface area (TPSA) is 39.2 Å². The van der Waals surface area contributed by atoms with Crippen molar-refractivity contribution in [2.24, 2.45) is 5.92 Å². The summed E-state index contributed by atoms with van der Waals surface area (Å²) >= 11 is 0. The summed E-state index contributed by atoms with van der Waals surface area (Å²) in [6.07, 6.45) is -2.46. The van der Waals surface area contributed by atoms with Gasteiger partial charge in [-0.1, -0.05) is 39.0 Å². The van der Waals surface area contributed by atoms with Gasteiger partial charge in [0.1, 0.15) is 0 Å². The molecule has 1 aromatic heterocycles. The van der Waals surface area contributed by atoms with E-state index >= 15 is 0 Å². The van der Waals surface area contributed by atoms with Crippen LogP contribution in [0.1, 0.15) is 36.7 Å². The molecule has 0 spiro atoms. The molecule has 1 heterocycles. The second-order valence-corrected chi connectivity index (χ2v) is 5.97. The first kappa shape index (κ1) is 19.0. The average Bonchev–Trinajstić information content (AvgIpc) is 2.58. The Morgan fingerprint density at radius 1 is 1.16 bits per heavy atom. The van der Waals surface area contributed by atoms with E-state index in [-0.39, 0.29) is 17.6 Å². The maximum absolute atomic E-state index is 12.7. The second-order valence-electron chi connectivity index (χ2n) is 5.97. The standard InChI is InChI=1S/C19H20F3NO2/c1-4-13-7-5-8-14(16(13)17(24)12(2)3)15-9-6-10-23-18(15)25-11-19(20,21)22/h5-10,12H,4,11H2,1-3H3. The van der Waals surface area contributed by atoms with Gasteiger partial charge < -0.3 is 4.74 Å². The first-order chi connectivity index (χ1) is 11.7. The summed E-state index contributed by atoms with van der Waals surface area (Å²) in [5, 5.41) is 0. The highest BCUT2D eigenvalue weighted by Crippen LogP contribution is 2.34. The van der Waals surface area contributed by atoms with Crippen molar-refractivity contribution in [3.63, 3.8) is 0 Å². The molecule has 0 radical (unpaired) electrons. The molecule has 2 aromatic rings. The van der Waals surface area contributed by atoms with Crippen molar-refractivity contribution in [2.75, 3.05) is 6.61 Å². The Morgan fingerprint density at radius 3 is 2.44 bits per heavy atom. The van der Waals surface area contributed by atoms with Gasteiger partial charge in [-0.2, -0.15) is 13.2 Å². The summed E-state index contributed by atoms with van der Waals surface area (Å²) in [6, 6.07) is 8.58. The first-order valence-electron chi connectivity index (χ1n) is 8.05. The van der Waals surface area contributed by atoms with Crippen LogP contribution in [0.2, 0.25) is 0 Å². The minimum absolute atomic E-state index is 0.0573. The fourth-order valence-corrected chi connectivity index (χ4v) is 2.56. The minimum atomic E-state index is -4.46. The molecular formula is C19H20F3NO2. The SMILES string of the molecule is CCc1cccc(-c2cccnc2OCC(F)(F)F)c1C(=O)C(C)C. The van der Waals surface area contributed by atoms with Gasteiger partial charge in [0, 0.05) is 23.2 Å². The zero-order chi connectivity index (χ0) is 18.6. The molecule has 0 saturated carbocycles. The lowest BCUT2D eigenvalue weighted by Crippen LogP contribution is -2.20. The highest BCUT2D eigenvalue weighted by atomic mass is 19.4. The molecule has 0 saturated heterocycles. The van der Waals surface area contributed by atoms with Crippen LogP contribution in [-0.2, 0) is 6.42 Å². The number of hydrogen-bond donors (Lipinski definition) is 0. The van der Waals surface area contributed by atoms with Crippen molar-refractivity contribution in [1.82, 2.24) is 4.98 Å². The van der Waals surface area contributed by atoms with Crippen LogP contribution in [0.15, 0.2) is 36.5 Å². The Bertz CT molecular complexity index is 755. The summed E-state index contributed by atoms with van der Waals surface area (Å²) in [6.45, 7) is 4.09. The quantitative estimate of drug-likeness (QED) is 0.681. The monoisotopic (exact) mass is 351 g/mol. The fourth-order valence-electron chi connectivity index (χ4n) is 2.56. The van der Waals surface area contributed by atoms with Gasteiger partial charge in [-0.15, -0.1) is 0 Å². The maximum atomic E-state index is 12.7. The Hall–Kier alpha value is -2.37. The maximum Gasteiger partial charge on any atom is 0.422 e. The zero-order valence-corrected chi connectivity index (χ0v) is 14.4. The minimum Gasteiger partial charge on any atom is -0.468 e. The largest absolute Gasteiger partial charge is 0.468 e. The number of aryl methyl sites for hydroxylation is 1. The summed E-state index contributed by atoms with van der Waals surface area (Å²) in [4.78, 5) is 16.6. The Kier molecular flexibility index (Phi) is 5.82. The van der Waals surface area contributed by atoms with Crippen LogP contribution in [0.5, 0.6) is 5.88 Å². The predicted octanol–water partition coefficient (Wildman–Crippen LogP) is 5.09. The van der Waals surface area contributed by atoms with E-state index in [2.05, 4.69) is 4.98 Å². The van der Waals surface area contributed by atoms with E-state index in [0.29, 0.717) is 23.1 Å². The van der Waals surface area contributed by atoms with Gasteiger partial charge in [0.25, 0.3) is 0 Å². The van der Waals surface area contributed by atoms with Crippen LogP contribution < -0.4 is 4.74 Å². The average molecular weight is 351 g/mol. The van der Waals surface area contributed by atoms with Crippen molar-refractivity contribution in [1.29, 1.82) is 0 Å². The second kappa shape index (κ2) is 7.68. The number of nitrogens with zero attached hydrogens (tertiary/aromatic N) is 1. The van der Waals surface area contributed by atoms with E-state index in [4.69, 9.17) is 4.74 Å². The van der Waals surface area contributed by atoms with E-state index < -0.39 is 12.8 Å². The van der Waals surface area contributed by atoms with Crippen molar-refractivity contribution < 1.29 is 22.7 Å². The van der Waals surface area contributed by atoms with Crippen LogP contribution in [0, 0.1) is 5.92 Å². The van der Waals surface area contributed by atoms with Crippen molar-refractivity contribution in [3.8, 4) is 17.0 Å². The molecule has 0 amide bonds. The van der Waals surface area contributed by atoms with Crippen LogP contribution in [-0.4, -0.2) is 23.6 Å². The third-order valence-corrected chi connectivity index (χ3v) is 3.74. The molecule has 0 atom stereocenters. The predicted molar refractivity (Wildman–Crippen MR) is 89.8 cm³/mol. The van der Waals surface area contributed by atoms with Gasteiger partial charge in [-0.3, -0.25) is 4.79 Å². The van der Waals surface area contributed by atoms with E-state index in [1.807, 2.05) is 13.0 Å². The molecule has 1 aromatic carbocycles. The van der Waals surface area contributed by atoms with Gasteiger partial charge in [0.2, 0.25) is 5.88 Å². The molecule has 134 valence electrons. The third kappa shape index (κ3) is 4.59. The molecule has 0 unspecified atom stereocenters. The fraction of sp³-hybridized carbons (Fsp3) is 0.368. The summed E-state index contributed by atoms with van der Waals surface area (Å²) < 4.78 is 42.4. The molecule has 0 aliphatic rings. The Labute approximate surface area is 144 Å². The Balaban J connectivity index is 2.57. The number of benzene rings is 1. The molecule has 0 bridgehead atoms. The van der Waals surface area contributed by atoms with Crippen molar-refractivity contribution in [2.45, 2.75) is 33.4 Å². The molecule has 6 heteroatoms. The number of aromatic nitrogens is 1.